The molecule has 0 saturated carbocycles. The molecule has 1 heterocycles. The summed E-state index contributed by atoms with van der Waals surface area (Å²) in [5.41, 5.74) is 1.71. The molecule has 2 aromatic carbocycles. The van der Waals surface area contributed by atoms with E-state index in [4.69, 9.17) is 0 Å². The van der Waals surface area contributed by atoms with Crippen molar-refractivity contribution in [3.63, 3.8) is 0 Å². The van der Waals surface area contributed by atoms with Gasteiger partial charge >= 0.3 is 0 Å². The van der Waals surface area contributed by atoms with Crippen molar-refractivity contribution < 1.29 is 4.79 Å². The van der Waals surface area contributed by atoms with Gasteiger partial charge in [0.15, 0.2) is 5.82 Å². The van der Waals surface area contributed by atoms with Crippen molar-refractivity contribution in [1.82, 2.24) is 20.2 Å². The third kappa shape index (κ3) is 3.17. The predicted octanol–water partition coefficient (Wildman–Crippen LogP) is 3.46. The van der Waals surface area contributed by atoms with Gasteiger partial charge in [0.05, 0.1) is 0 Å². The fourth-order valence-electron chi connectivity index (χ4n) is 1.91. The zero-order valence-electron chi connectivity index (χ0n) is 11.4. The van der Waals surface area contributed by atoms with Gasteiger partial charge in [-0.15, -0.1) is 5.10 Å². The molecule has 0 saturated heterocycles. The fraction of sp³-hybridized carbons (Fsp3) is 0. The van der Waals surface area contributed by atoms with Crippen molar-refractivity contribution in [2.75, 3.05) is 0 Å². The molecule has 0 aliphatic rings. The van der Waals surface area contributed by atoms with E-state index in [9.17, 15) is 4.79 Å². The number of hydrogen-bond acceptors (Lipinski definition) is 4. The highest BCUT2D eigenvalue weighted by molar-refractivity contribution is 9.10. The molecule has 6 heteroatoms. The first-order chi connectivity index (χ1) is 10.7. The summed E-state index contributed by atoms with van der Waals surface area (Å²) in [6, 6.07) is 17.0. The Morgan fingerprint density at radius 2 is 1.77 bits per heavy atom. The van der Waals surface area contributed by atoms with E-state index in [1.54, 1.807) is 6.08 Å². The van der Waals surface area contributed by atoms with Crippen molar-refractivity contribution >= 4 is 27.9 Å². The van der Waals surface area contributed by atoms with Crippen LogP contribution >= 0.6 is 15.9 Å². The molecule has 0 unspecified atom stereocenters. The fourth-order valence-corrected chi connectivity index (χ4v) is 2.18. The number of carbonyl (C=O) groups is 1. The molecule has 5 nitrogen and oxygen atoms in total. The van der Waals surface area contributed by atoms with E-state index in [0.717, 1.165) is 15.6 Å². The van der Waals surface area contributed by atoms with Crippen molar-refractivity contribution in [3.8, 4) is 11.4 Å². The highest BCUT2D eigenvalue weighted by Gasteiger charge is 2.12. The minimum atomic E-state index is -0.299. The van der Waals surface area contributed by atoms with E-state index in [1.165, 1.54) is 10.8 Å². The van der Waals surface area contributed by atoms with Gasteiger partial charge in [0, 0.05) is 16.1 Å². The van der Waals surface area contributed by atoms with Gasteiger partial charge in [-0.3, -0.25) is 4.79 Å². The maximum atomic E-state index is 12.3. The van der Waals surface area contributed by atoms with Crippen molar-refractivity contribution in [3.05, 3.63) is 70.7 Å². The molecule has 0 aliphatic heterocycles. The van der Waals surface area contributed by atoms with Crippen LogP contribution in [0.5, 0.6) is 0 Å². The highest BCUT2D eigenvalue weighted by atomic mass is 79.9. The number of halogens is 1. The lowest BCUT2D eigenvalue weighted by Crippen LogP contribution is -2.11. The second-order valence-electron chi connectivity index (χ2n) is 4.50. The summed E-state index contributed by atoms with van der Waals surface area (Å²) in [6.07, 6.45) is 3.18. The SMILES string of the molecule is O=C(/C=C/c1ccc(Br)cc1)n1nnnc1-c1ccccc1. The van der Waals surface area contributed by atoms with Gasteiger partial charge < -0.3 is 0 Å². The quantitative estimate of drug-likeness (QED) is 0.533. The minimum Gasteiger partial charge on any atom is -0.267 e. The number of rotatable bonds is 3. The van der Waals surface area contributed by atoms with E-state index in [-0.39, 0.29) is 5.91 Å². The van der Waals surface area contributed by atoms with Gasteiger partial charge in [-0.25, -0.2) is 0 Å². The largest absolute Gasteiger partial charge is 0.274 e. The van der Waals surface area contributed by atoms with E-state index < -0.39 is 0 Å². The molecule has 3 rings (SSSR count). The summed E-state index contributed by atoms with van der Waals surface area (Å²) in [6.45, 7) is 0. The Labute approximate surface area is 135 Å². The summed E-state index contributed by atoms with van der Waals surface area (Å²) < 4.78 is 2.17. The van der Waals surface area contributed by atoms with Gasteiger partial charge in [0.2, 0.25) is 0 Å². The lowest BCUT2D eigenvalue weighted by atomic mass is 10.2. The average molecular weight is 355 g/mol. The average Bonchev–Trinajstić information content (AvgIpc) is 3.04. The minimum absolute atomic E-state index is 0.299. The van der Waals surface area contributed by atoms with Crippen LogP contribution in [0.2, 0.25) is 0 Å². The Morgan fingerprint density at radius 3 is 2.50 bits per heavy atom. The molecule has 0 bridgehead atoms. The van der Waals surface area contributed by atoms with Crippen LogP contribution in [0, 0.1) is 0 Å². The first-order valence-corrected chi connectivity index (χ1v) is 7.35. The molecule has 0 amide bonds. The normalized spacial score (nSPS) is 11.0. The molecule has 108 valence electrons. The lowest BCUT2D eigenvalue weighted by Gasteiger charge is -2.00. The first-order valence-electron chi connectivity index (χ1n) is 6.56. The molecule has 0 atom stereocenters. The monoisotopic (exact) mass is 354 g/mol. The summed E-state index contributed by atoms with van der Waals surface area (Å²) in [4.78, 5) is 12.3. The van der Waals surface area contributed by atoms with Crippen molar-refractivity contribution in [2.45, 2.75) is 0 Å². The number of aromatic nitrogens is 4. The predicted molar refractivity (Wildman–Crippen MR) is 87.1 cm³/mol. The van der Waals surface area contributed by atoms with Gasteiger partial charge in [0.1, 0.15) is 0 Å². The van der Waals surface area contributed by atoms with Gasteiger partial charge in [0.25, 0.3) is 5.91 Å². The summed E-state index contributed by atoms with van der Waals surface area (Å²) in [5, 5.41) is 11.3. The van der Waals surface area contributed by atoms with Crippen LogP contribution in [-0.2, 0) is 0 Å². The molecule has 0 aliphatic carbocycles. The van der Waals surface area contributed by atoms with E-state index in [2.05, 4.69) is 31.5 Å². The van der Waals surface area contributed by atoms with Crippen LogP contribution in [0.4, 0.5) is 0 Å². The molecule has 1 aromatic heterocycles. The summed E-state index contributed by atoms with van der Waals surface area (Å²) >= 11 is 3.37. The van der Waals surface area contributed by atoms with Crippen molar-refractivity contribution in [1.29, 1.82) is 0 Å². The zero-order valence-corrected chi connectivity index (χ0v) is 13.0. The molecule has 0 fully saturated rings. The van der Waals surface area contributed by atoms with Crippen LogP contribution < -0.4 is 0 Å². The van der Waals surface area contributed by atoms with Crippen molar-refractivity contribution in [2.24, 2.45) is 0 Å². The molecule has 0 spiro atoms. The topological polar surface area (TPSA) is 60.7 Å². The van der Waals surface area contributed by atoms with Crippen LogP contribution in [0.3, 0.4) is 0 Å². The summed E-state index contributed by atoms with van der Waals surface area (Å²) in [5.74, 6) is 0.123. The number of allylic oxidation sites excluding steroid dienone is 1. The number of hydrogen-bond donors (Lipinski definition) is 0. The second-order valence-corrected chi connectivity index (χ2v) is 5.42. The molecule has 22 heavy (non-hydrogen) atoms. The third-order valence-corrected chi connectivity index (χ3v) is 3.53. The molecular formula is C16H11BrN4O. The Morgan fingerprint density at radius 1 is 1.05 bits per heavy atom. The Kier molecular flexibility index (Phi) is 4.20. The van der Waals surface area contributed by atoms with Crippen LogP contribution in [0.25, 0.3) is 17.5 Å². The Hall–Kier alpha value is -2.60. The lowest BCUT2D eigenvalue weighted by molar-refractivity contribution is 0.0955. The maximum absolute atomic E-state index is 12.3. The Balaban J connectivity index is 1.85. The number of benzene rings is 2. The standard InChI is InChI=1S/C16H11BrN4O/c17-14-9-6-12(7-10-14)8-11-15(22)21-16(18-19-20-21)13-4-2-1-3-5-13/h1-11H/b11-8+. The van der Waals surface area contributed by atoms with Crippen LogP contribution in [-0.4, -0.2) is 26.1 Å². The zero-order chi connectivity index (χ0) is 15.4. The second kappa shape index (κ2) is 6.44. The first kappa shape index (κ1) is 14.3. The van der Waals surface area contributed by atoms with E-state index in [0.29, 0.717) is 5.82 Å². The van der Waals surface area contributed by atoms with Gasteiger partial charge in [-0.1, -0.05) is 58.4 Å². The van der Waals surface area contributed by atoms with Crippen LogP contribution in [0.1, 0.15) is 10.4 Å². The maximum Gasteiger partial charge on any atom is 0.274 e. The highest BCUT2D eigenvalue weighted by Crippen LogP contribution is 2.15. The Bertz CT molecular complexity index is 810. The van der Waals surface area contributed by atoms with Gasteiger partial charge in [-0.05, 0) is 34.2 Å². The molecule has 3 aromatic rings. The summed E-state index contributed by atoms with van der Waals surface area (Å²) in [7, 11) is 0. The van der Waals surface area contributed by atoms with Crippen LogP contribution in [0.15, 0.2) is 65.1 Å². The molecule has 0 radical (unpaired) electrons. The van der Waals surface area contributed by atoms with E-state index in [1.807, 2.05) is 54.6 Å². The molecule has 0 N–H and O–H groups in total. The third-order valence-electron chi connectivity index (χ3n) is 3.00. The molecular weight excluding hydrogens is 344 g/mol. The smallest absolute Gasteiger partial charge is 0.267 e. The number of nitrogens with zero attached hydrogens (tertiary/aromatic N) is 4. The van der Waals surface area contributed by atoms with E-state index >= 15 is 0 Å². The number of tetrazole rings is 1. The number of carbonyl (C=O) groups excluding carboxylic acids is 1. The van der Waals surface area contributed by atoms with Gasteiger partial charge in [-0.2, -0.15) is 4.68 Å².